The average Bonchev–Trinajstić information content (AvgIpc) is 3.34. The molecule has 0 bridgehead atoms. The number of fused-ring (bicyclic) bond motifs is 1. The van der Waals surface area contributed by atoms with Crippen molar-refractivity contribution < 1.29 is 18.7 Å². The molecule has 1 aromatic carbocycles. The van der Waals surface area contributed by atoms with Crippen molar-refractivity contribution in [1.29, 1.82) is 0 Å². The summed E-state index contributed by atoms with van der Waals surface area (Å²) in [5.74, 6) is 0.402. The number of benzene rings is 1. The summed E-state index contributed by atoms with van der Waals surface area (Å²) in [6.07, 6.45) is 3.37. The topological polar surface area (TPSA) is 101 Å². The molecule has 1 fully saturated rings. The van der Waals surface area contributed by atoms with Crippen LogP contribution in [0.25, 0.3) is 17.0 Å². The molecule has 4 rings (SSSR count). The number of carbonyl (C=O) groups excluding carboxylic acids is 2. The fraction of sp³-hybridized carbons (Fsp3) is 0.333. The quantitative estimate of drug-likeness (QED) is 0.593. The molecule has 0 radical (unpaired) electrons. The van der Waals surface area contributed by atoms with E-state index in [0.717, 1.165) is 0 Å². The van der Waals surface area contributed by atoms with Gasteiger partial charge in [-0.25, -0.2) is 23.9 Å². The number of hydrogen-bond donors (Lipinski definition) is 2. The Balaban J connectivity index is 1.54. The first-order chi connectivity index (χ1) is 15.3. The molecule has 2 N–H and O–H groups in total. The number of rotatable bonds is 4. The van der Waals surface area contributed by atoms with Gasteiger partial charge in [0, 0.05) is 30.2 Å². The molecule has 3 amide bonds. The van der Waals surface area contributed by atoms with E-state index in [-0.39, 0.29) is 18.7 Å². The number of amides is 3. The third kappa shape index (κ3) is 4.91. The van der Waals surface area contributed by atoms with Gasteiger partial charge in [0.15, 0.2) is 0 Å². The van der Waals surface area contributed by atoms with Crippen molar-refractivity contribution in [2.24, 2.45) is 0 Å². The first-order valence-corrected chi connectivity index (χ1v) is 10.5. The predicted octanol–water partition coefficient (Wildman–Crippen LogP) is 4.58. The molecule has 1 aliphatic rings. The minimum atomic E-state index is -0.987. The predicted molar refractivity (Wildman–Crippen MR) is 119 cm³/mol. The molecule has 0 aliphatic carbocycles. The van der Waals surface area contributed by atoms with Gasteiger partial charge in [0.2, 0.25) is 5.78 Å². The van der Waals surface area contributed by atoms with Crippen LogP contribution in [-0.2, 0) is 4.74 Å². The van der Waals surface area contributed by atoms with Crippen LogP contribution in [0.4, 0.5) is 25.4 Å². The van der Waals surface area contributed by atoms with Crippen molar-refractivity contribution in [1.82, 2.24) is 19.3 Å². The van der Waals surface area contributed by atoms with Gasteiger partial charge in [-0.3, -0.25) is 9.72 Å². The standard InChI is InChI=1S/C21H22ClFN6O3/c1-12(2)32-21(31)26-15-8-24-19-27-18(11-29(19)10-15)16-7-14(3-4-17(16)22)25-20(30)28-6-5-13(23)9-28/h3-4,7-8,10-13H,5-6,9H2,1-2H3,(H,25,30)(H,26,31)/t13-/m0/s1. The summed E-state index contributed by atoms with van der Waals surface area (Å²) in [7, 11) is 0. The van der Waals surface area contributed by atoms with Crippen LogP contribution in [-0.4, -0.2) is 56.8 Å². The van der Waals surface area contributed by atoms with Gasteiger partial charge in [0.1, 0.15) is 6.17 Å². The average molecular weight is 461 g/mol. The van der Waals surface area contributed by atoms with Gasteiger partial charge >= 0.3 is 12.1 Å². The van der Waals surface area contributed by atoms with Crippen LogP contribution in [0.5, 0.6) is 0 Å². The largest absolute Gasteiger partial charge is 0.447 e. The molecule has 1 aliphatic heterocycles. The second-order valence-electron chi connectivity index (χ2n) is 7.71. The van der Waals surface area contributed by atoms with Crippen LogP contribution < -0.4 is 10.6 Å². The number of carbonyl (C=O) groups is 2. The number of alkyl halides is 1. The fourth-order valence-electron chi connectivity index (χ4n) is 3.34. The minimum Gasteiger partial charge on any atom is -0.447 e. The molecular formula is C21H22ClFN6O3. The zero-order valence-electron chi connectivity index (χ0n) is 17.5. The highest BCUT2D eigenvalue weighted by Crippen LogP contribution is 2.30. The van der Waals surface area contributed by atoms with Crippen LogP contribution in [0.3, 0.4) is 0 Å². The summed E-state index contributed by atoms with van der Waals surface area (Å²) in [5.41, 5.74) is 2.08. The lowest BCUT2D eigenvalue weighted by atomic mass is 10.1. The number of ether oxygens (including phenoxy) is 1. The molecule has 1 saturated heterocycles. The monoisotopic (exact) mass is 460 g/mol. The Morgan fingerprint density at radius 1 is 1.25 bits per heavy atom. The Hall–Kier alpha value is -3.40. The molecule has 3 aromatic rings. The van der Waals surface area contributed by atoms with E-state index in [2.05, 4.69) is 20.6 Å². The van der Waals surface area contributed by atoms with Gasteiger partial charge in [-0.15, -0.1) is 0 Å². The van der Waals surface area contributed by atoms with Crippen molar-refractivity contribution in [2.75, 3.05) is 23.7 Å². The molecule has 0 unspecified atom stereocenters. The van der Waals surface area contributed by atoms with Crippen molar-refractivity contribution in [3.8, 4) is 11.3 Å². The number of likely N-dealkylation sites (tertiary alicyclic amines) is 1. The van der Waals surface area contributed by atoms with Crippen LogP contribution in [0.15, 0.2) is 36.8 Å². The first kappa shape index (κ1) is 21.8. The fourth-order valence-corrected chi connectivity index (χ4v) is 3.56. The summed E-state index contributed by atoms with van der Waals surface area (Å²) in [4.78, 5) is 34.3. The molecule has 0 saturated carbocycles. The molecule has 32 heavy (non-hydrogen) atoms. The lowest BCUT2D eigenvalue weighted by Gasteiger charge is -2.16. The van der Waals surface area contributed by atoms with Crippen molar-refractivity contribution >= 4 is 40.9 Å². The van der Waals surface area contributed by atoms with E-state index >= 15 is 0 Å². The molecule has 0 spiro atoms. The Kier molecular flexibility index (Phi) is 6.13. The van der Waals surface area contributed by atoms with E-state index in [1.165, 1.54) is 11.1 Å². The normalized spacial score (nSPS) is 15.9. The smallest absolute Gasteiger partial charge is 0.411 e. The van der Waals surface area contributed by atoms with E-state index in [1.807, 2.05) is 0 Å². The Morgan fingerprint density at radius 3 is 2.78 bits per heavy atom. The van der Waals surface area contributed by atoms with E-state index < -0.39 is 12.3 Å². The van der Waals surface area contributed by atoms with Crippen molar-refractivity contribution in [3.63, 3.8) is 0 Å². The summed E-state index contributed by atoms with van der Waals surface area (Å²) < 4.78 is 20.1. The maximum atomic E-state index is 13.4. The third-order valence-corrected chi connectivity index (χ3v) is 5.14. The van der Waals surface area contributed by atoms with Gasteiger partial charge in [0.25, 0.3) is 0 Å². The Bertz CT molecular complexity index is 1170. The second-order valence-corrected chi connectivity index (χ2v) is 8.12. The Labute approximate surface area is 188 Å². The number of aromatic nitrogens is 3. The molecular weight excluding hydrogens is 439 g/mol. The maximum absolute atomic E-state index is 13.4. The summed E-state index contributed by atoms with van der Waals surface area (Å²) in [5, 5.41) is 5.82. The SMILES string of the molecule is CC(C)OC(=O)Nc1cnc2nc(-c3cc(NC(=O)N4CC[C@H](F)C4)ccc3Cl)cn2c1. The lowest BCUT2D eigenvalue weighted by Crippen LogP contribution is -2.33. The number of urea groups is 1. The minimum absolute atomic E-state index is 0.0888. The summed E-state index contributed by atoms with van der Waals surface area (Å²) in [6, 6.07) is 4.66. The highest BCUT2D eigenvalue weighted by Gasteiger charge is 2.26. The number of halogens is 2. The third-order valence-electron chi connectivity index (χ3n) is 4.81. The van der Waals surface area contributed by atoms with E-state index in [4.69, 9.17) is 16.3 Å². The van der Waals surface area contributed by atoms with Gasteiger partial charge in [-0.1, -0.05) is 11.6 Å². The van der Waals surface area contributed by atoms with Crippen LogP contribution in [0, 0.1) is 0 Å². The van der Waals surface area contributed by atoms with Gasteiger partial charge < -0.3 is 15.0 Å². The molecule has 1 atom stereocenters. The molecule has 9 nitrogen and oxygen atoms in total. The Morgan fingerprint density at radius 2 is 2.06 bits per heavy atom. The van der Waals surface area contributed by atoms with Crippen LogP contribution in [0.1, 0.15) is 20.3 Å². The lowest BCUT2D eigenvalue weighted by molar-refractivity contribution is 0.130. The van der Waals surface area contributed by atoms with E-state index in [9.17, 15) is 14.0 Å². The zero-order valence-corrected chi connectivity index (χ0v) is 18.3. The summed E-state index contributed by atoms with van der Waals surface area (Å²) >= 11 is 6.37. The molecule has 11 heteroatoms. The molecule has 168 valence electrons. The first-order valence-electron chi connectivity index (χ1n) is 10.1. The second kappa shape index (κ2) is 8.99. The summed E-state index contributed by atoms with van der Waals surface area (Å²) in [6.45, 7) is 3.98. The zero-order chi connectivity index (χ0) is 22.8. The molecule has 3 heterocycles. The number of anilines is 2. The highest BCUT2D eigenvalue weighted by atomic mass is 35.5. The maximum Gasteiger partial charge on any atom is 0.411 e. The number of hydrogen-bond acceptors (Lipinski definition) is 5. The van der Waals surface area contributed by atoms with Gasteiger partial charge in [0.05, 0.1) is 35.2 Å². The van der Waals surface area contributed by atoms with Crippen LogP contribution >= 0.6 is 11.6 Å². The number of nitrogens with one attached hydrogen (secondary N) is 2. The van der Waals surface area contributed by atoms with Crippen LogP contribution in [0.2, 0.25) is 5.02 Å². The highest BCUT2D eigenvalue weighted by molar-refractivity contribution is 6.33. The van der Waals surface area contributed by atoms with Crippen molar-refractivity contribution in [3.05, 3.63) is 41.8 Å². The number of nitrogens with zero attached hydrogens (tertiary/aromatic N) is 4. The van der Waals surface area contributed by atoms with Gasteiger partial charge in [-0.2, -0.15) is 0 Å². The number of imidazole rings is 1. The van der Waals surface area contributed by atoms with Gasteiger partial charge in [-0.05, 0) is 38.5 Å². The van der Waals surface area contributed by atoms with E-state index in [1.54, 1.807) is 48.8 Å². The van der Waals surface area contributed by atoms with Crippen molar-refractivity contribution in [2.45, 2.75) is 32.5 Å². The van der Waals surface area contributed by atoms with E-state index in [0.29, 0.717) is 46.4 Å². The molecule has 2 aromatic heterocycles.